The second-order valence-electron chi connectivity index (χ2n) is 6.24. The summed E-state index contributed by atoms with van der Waals surface area (Å²) in [4.78, 5) is 25.8. The van der Waals surface area contributed by atoms with Crippen molar-refractivity contribution in [1.82, 2.24) is 10.2 Å². The molecule has 2 rings (SSSR count). The Bertz CT molecular complexity index is 631. The minimum atomic E-state index is -0.292. The third-order valence-corrected chi connectivity index (χ3v) is 4.48. The Morgan fingerprint density at radius 2 is 1.67 bits per heavy atom. The van der Waals surface area contributed by atoms with Gasteiger partial charge in [-0.05, 0) is 37.5 Å². The van der Waals surface area contributed by atoms with E-state index in [9.17, 15) is 9.59 Å². The lowest BCUT2D eigenvalue weighted by Gasteiger charge is -2.31. The van der Waals surface area contributed by atoms with Crippen molar-refractivity contribution in [3.63, 3.8) is 0 Å². The molecule has 8 nitrogen and oxygen atoms in total. The average Bonchev–Trinajstić information content (AvgIpc) is 2.67. The highest BCUT2D eigenvalue weighted by molar-refractivity contribution is 5.79. The summed E-state index contributed by atoms with van der Waals surface area (Å²) in [5, 5.41) is 3.03. The SMILES string of the molecule is CCOC(=O)N1CCC(NC(=O)Cc2cc(OC)c(OC)c(OC)c2)CC1. The van der Waals surface area contributed by atoms with Crippen molar-refractivity contribution in [3.8, 4) is 17.2 Å². The van der Waals surface area contributed by atoms with Gasteiger partial charge in [0.2, 0.25) is 11.7 Å². The lowest BCUT2D eigenvalue weighted by Crippen LogP contribution is -2.47. The van der Waals surface area contributed by atoms with Crippen molar-refractivity contribution in [2.24, 2.45) is 0 Å². The van der Waals surface area contributed by atoms with E-state index in [-0.39, 0.29) is 24.5 Å². The molecule has 1 aromatic carbocycles. The normalized spacial score (nSPS) is 14.4. The molecular formula is C19H28N2O6. The first-order chi connectivity index (χ1) is 13.0. The number of carbonyl (C=O) groups is 2. The molecule has 1 aromatic rings. The average molecular weight is 380 g/mol. The third kappa shape index (κ3) is 5.42. The minimum absolute atomic E-state index is 0.0465. The number of rotatable bonds is 7. The van der Waals surface area contributed by atoms with Gasteiger partial charge in [-0.3, -0.25) is 4.79 Å². The molecule has 1 aliphatic rings. The van der Waals surface area contributed by atoms with Crippen LogP contribution in [0.2, 0.25) is 0 Å². The number of amides is 2. The van der Waals surface area contributed by atoms with E-state index in [2.05, 4.69) is 5.32 Å². The summed E-state index contributed by atoms with van der Waals surface area (Å²) in [6.45, 7) is 3.31. The lowest BCUT2D eigenvalue weighted by atomic mass is 10.0. The smallest absolute Gasteiger partial charge is 0.409 e. The Labute approximate surface area is 159 Å². The maximum atomic E-state index is 12.4. The fraction of sp³-hybridized carbons (Fsp3) is 0.579. The summed E-state index contributed by atoms with van der Waals surface area (Å²) >= 11 is 0. The van der Waals surface area contributed by atoms with Gasteiger partial charge in [0.05, 0.1) is 34.4 Å². The number of carbonyl (C=O) groups excluding carboxylic acids is 2. The largest absolute Gasteiger partial charge is 0.493 e. The minimum Gasteiger partial charge on any atom is -0.493 e. The van der Waals surface area contributed by atoms with E-state index in [1.54, 1.807) is 38.2 Å². The molecule has 0 aromatic heterocycles. The van der Waals surface area contributed by atoms with Gasteiger partial charge in [-0.1, -0.05) is 0 Å². The zero-order valence-corrected chi connectivity index (χ0v) is 16.4. The van der Waals surface area contributed by atoms with Gasteiger partial charge in [0, 0.05) is 19.1 Å². The number of benzene rings is 1. The molecule has 2 amide bonds. The highest BCUT2D eigenvalue weighted by Gasteiger charge is 2.24. The van der Waals surface area contributed by atoms with Crippen molar-refractivity contribution < 1.29 is 28.5 Å². The number of hydrogen-bond donors (Lipinski definition) is 1. The van der Waals surface area contributed by atoms with Crippen LogP contribution in [0, 0.1) is 0 Å². The number of ether oxygens (including phenoxy) is 4. The Kier molecular flexibility index (Phi) is 7.57. The van der Waals surface area contributed by atoms with Crippen LogP contribution in [0.3, 0.4) is 0 Å². The summed E-state index contributed by atoms with van der Waals surface area (Å²) in [7, 11) is 4.62. The van der Waals surface area contributed by atoms with Crippen molar-refractivity contribution >= 4 is 12.0 Å². The summed E-state index contributed by atoms with van der Waals surface area (Å²) in [6.07, 6.45) is 1.33. The van der Waals surface area contributed by atoms with Crippen LogP contribution in [-0.4, -0.2) is 64.0 Å². The topological polar surface area (TPSA) is 86.3 Å². The molecule has 1 N–H and O–H groups in total. The summed E-state index contributed by atoms with van der Waals surface area (Å²) in [6, 6.07) is 3.58. The van der Waals surface area contributed by atoms with Crippen LogP contribution in [0.25, 0.3) is 0 Å². The Hall–Kier alpha value is -2.64. The highest BCUT2D eigenvalue weighted by atomic mass is 16.6. The predicted octanol–water partition coefficient (Wildman–Crippen LogP) is 1.99. The van der Waals surface area contributed by atoms with E-state index in [0.29, 0.717) is 49.8 Å². The molecule has 1 heterocycles. The zero-order valence-electron chi connectivity index (χ0n) is 16.4. The molecule has 150 valence electrons. The molecule has 0 atom stereocenters. The molecule has 0 radical (unpaired) electrons. The summed E-state index contributed by atoms with van der Waals surface area (Å²) in [5.41, 5.74) is 0.769. The second-order valence-corrected chi connectivity index (χ2v) is 6.24. The maximum Gasteiger partial charge on any atom is 0.409 e. The van der Waals surface area contributed by atoms with Crippen LogP contribution in [0.4, 0.5) is 4.79 Å². The quantitative estimate of drug-likeness (QED) is 0.779. The van der Waals surface area contributed by atoms with E-state index in [4.69, 9.17) is 18.9 Å². The molecule has 0 bridgehead atoms. The van der Waals surface area contributed by atoms with Gasteiger partial charge in [-0.2, -0.15) is 0 Å². The molecular weight excluding hydrogens is 352 g/mol. The number of likely N-dealkylation sites (tertiary alicyclic amines) is 1. The van der Waals surface area contributed by atoms with Gasteiger partial charge in [-0.25, -0.2) is 4.79 Å². The van der Waals surface area contributed by atoms with Crippen molar-refractivity contribution in [2.45, 2.75) is 32.2 Å². The van der Waals surface area contributed by atoms with E-state index in [0.717, 1.165) is 5.56 Å². The number of piperidine rings is 1. The predicted molar refractivity (Wildman–Crippen MR) is 99.6 cm³/mol. The number of hydrogen-bond acceptors (Lipinski definition) is 6. The van der Waals surface area contributed by atoms with Crippen LogP contribution < -0.4 is 19.5 Å². The number of nitrogens with zero attached hydrogens (tertiary/aromatic N) is 1. The molecule has 1 saturated heterocycles. The van der Waals surface area contributed by atoms with Crippen LogP contribution >= 0.6 is 0 Å². The number of nitrogens with one attached hydrogen (secondary N) is 1. The van der Waals surface area contributed by atoms with E-state index >= 15 is 0 Å². The van der Waals surface area contributed by atoms with Crippen molar-refractivity contribution in [2.75, 3.05) is 41.0 Å². The lowest BCUT2D eigenvalue weighted by molar-refractivity contribution is -0.121. The van der Waals surface area contributed by atoms with Gasteiger partial charge in [-0.15, -0.1) is 0 Å². The Balaban J connectivity index is 1.92. The Morgan fingerprint density at radius 3 is 2.15 bits per heavy atom. The van der Waals surface area contributed by atoms with Gasteiger partial charge in [0.25, 0.3) is 0 Å². The summed E-state index contributed by atoms with van der Waals surface area (Å²) in [5.74, 6) is 1.44. The second kappa shape index (κ2) is 9.89. The Morgan fingerprint density at radius 1 is 1.07 bits per heavy atom. The fourth-order valence-corrected chi connectivity index (χ4v) is 3.12. The molecule has 1 fully saturated rings. The van der Waals surface area contributed by atoms with E-state index < -0.39 is 0 Å². The van der Waals surface area contributed by atoms with Crippen LogP contribution in [-0.2, 0) is 16.0 Å². The zero-order chi connectivity index (χ0) is 19.8. The van der Waals surface area contributed by atoms with Gasteiger partial charge in [0.15, 0.2) is 11.5 Å². The first-order valence-corrected chi connectivity index (χ1v) is 9.02. The molecule has 0 saturated carbocycles. The van der Waals surface area contributed by atoms with Crippen LogP contribution in [0.1, 0.15) is 25.3 Å². The van der Waals surface area contributed by atoms with Crippen LogP contribution in [0.15, 0.2) is 12.1 Å². The molecule has 8 heteroatoms. The third-order valence-electron chi connectivity index (χ3n) is 4.48. The first kappa shape index (κ1) is 20.7. The summed E-state index contributed by atoms with van der Waals surface area (Å²) < 4.78 is 20.9. The molecule has 0 unspecified atom stereocenters. The van der Waals surface area contributed by atoms with Crippen molar-refractivity contribution in [1.29, 1.82) is 0 Å². The maximum absolute atomic E-state index is 12.4. The van der Waals surface area contributed by atoms with Gasteiger partial charge in [0.1, 0.15) is 0 Å². The number of methoxy groups -OCH3 is 3. The van der Waals surface area contributed by atoms with E-state index in [1.165, 1.54) is 7.11 Å². The first-order valence-electron chi connectivity index (χ1n) is 9.02. The highest BCUT2D eigenvalue weighted by Crippen LogP contribution is 2.38. The van der Waals surface area contributed by atoms with Gasteiger partial charge < -0.3 is 29.2 Å². The van der Waals surface area contributed by atoms with Crippen LogP contribution in [0.5, 0.6) is 17.2 Å². The molecule has 0 aliphatic carbocycles. The monoisotopic (exact) mass is 380 g/mol. The fourth-order valence-electron chi connectivity index (χ4n) is 3.12. The molecule has 27 heavy (non-hydrogen) atoms. The van der Waals surface area contributed by atoms with E-state index in [1.807, 2.05) is 0 Å². The molecule has 0 spiro atoms. The standard InChI is InChI=1S/C19H28N2O6/c1-5-27-19(23)21-8-6-14(7-9-21)20-17(22)12-13-10-15(24-2)18(26-4)16(11-13)25-3/h10-11,14H,5-9,12H2,1-4H3,(H,20,22). The van der Waals surface area contributed by atoms with Crippen molar-refractivity contribution in [3.05, 3.63) is 17.7 Å². The molecule has 1 aliphatic heterocycles. The van der Waals surface area contributed by atoms with Gasteiger partial charge >= 0.3 is 6.09 Å².